The molecule has 0 spiro atoms. The predicted molar refractivity (Wildman–Crippen MR) is 58.6 cm³/mol. The molecule has 1 aromatic carbocycles. The summed E-state index contributed by atoms with van der Waals surface area (Å²) >= 11 is 6.74. The number of hydrogen-bond donors (Lipinski definition) is 1. The van der Waals surface area contributed by atoms with Crippen LogP contribution in [-0.2, 0) is 6.54 Å². The summed E-state index contributed by atoms with van der Waals surface area (Å²) in [6.45, 7) is 0.345. The highest BCUT2D eigenvalue weighted by Crippen LogP contribution is 2.19. The van der Waals surface area contributed by atoms with E-state index in [9.17, 15) is 4.39 Å². The van der Waals surface area contributed by atoms with Gasteiger partial charge in [-0.05, 0) is 6.07 Å². The quantitative estimate of drug-likeness (QED) is 0.901. The lowest BCUT2D eigenvalue weighted by molar-refractivity contribution is 0.613. The van der Waals surface area contributed by atoms with E-state index >= 15 is 0 Å². The molecule has 6 heteroatoms. The molecular formula is C9H7ClFN3S. The molecule has 0 saturated carbocycles. The van der Waals surface area contributed by atoms with Gasteiger partial charge < -0.3 is 5.32 Å². The number of benzene rings is 1. The molecular weight excluding hydrogens is 237 g/mol. The Morgan fingerprint density at radius 3 is 2.80 bits per heavy atom. The van der Waals surface area contributed by atoms with Gasteiger partial charge in [0, 0.05) is 12.1 Å². The third-order valence-electron chi connectivity index (χ3n) is 1.85. The summed E-state index contributed by atoms with van der Waals surface area (Å²) in [7, 11) is 0. The van der Waals surface area contributed by atoms with Crippen LogP contribution in [0.25, 0.3) is 0 Å². The van der Waals surface area contributed by atoms with Crippen molar-refractivity contribution in [3.63, 3.8) is 0 Å². The highest BCUT2D eigenvalue weighted by Gasteiger charge is 2.05. The average Bonchev–Trinajstić information content (AvgIpc) is 2.63. The maximum Gasteiger partial charge on any atom is 0.186 e. The van der Waals surface area contributed by atoms with E-state index in [0.29, 0.717) is 23.1 Å². The van der Waals surface area contributed by atoms with E-state index in [4.69, 9.17) is 11.6 Å². The second-order valence-corrected chi connectivity index (χ2v) is 3.74. The minimum absolute atomic E-state index is 0.246. The molecule has 1 N–H and O–H groups in total. The van der Waals surface area contributed by atoms with Crippen LogP contribution in [0.1, 0.15) is 5.56 Å². The highest BCUT2D eigenvalue weighted by atomic mass is 35.5. The minimum atomic E-state index is -0.246. The van der Waals surface area contributed by atoms with Crippen molar-refractivity contribution in [1.82, 2.24) is 8.75 Å². The molecule has 1 heterocycles. The Labute approximate surface area is 95.2 Å². The summed E-state index contributed by atoms with van der Waals surface area (Å²) in [6.07, 6.45) is 0. The maximum atomic E-state index is 13.2. The zero-order valence-corrected chi connectivity index (χ0v) is 9.15. The van der Waals surface area contributed by atoms with Crippen molar-refractivity contribution in [3.05, 3.63) is 40.8 Å². The molecule has 78 valence electrons. The van der Waals surface area contributed by atoms with Crippen LogP contribution < -0.4 is 5.32 Å². The number of nitrogens with zero attached hydrogens (tertiary/aromatic N) is 2. The number of hydrogen-bond acceptors (Lipinski definition) is 4. The average molecular weight is 244 g/mol. The van der Waals surface area contributed by atoms with Gasteiger partial charge in [0.25, 0.3) is 0 Å². The van der Waals surface area contributed by atoms with Gasteiger partial charge in [-0.15, -0.1) is 0 Å². The SMILES string of the molecule is Fc1ccccc1CNc1nsnc1Cl. The van der Waals surface area contributed by atoms with Crippen molar-refractivity contribution < 1.29 is 4.39 Å². The second kappa shape index (κ2) is 4.55. The van der Waals surface area contributed by atoms with Crippen molar-refractivity contribution in [1.29, 1.82) is 0 Å². The number of anilines is 1. The summed E-state index contributed by atoms with van der Waals surface area (Å²) < 4.78 is 20.9. The Balaban J connectivity index is 2.06. The summed E-state index contributed by atoms with van der Waals surface area (Å²) in [6, 6.07) is 6.55. The normalized spacial score (nSPS) is 10.3. The fraction of sp³-hybridized carbons (Fsp3) is 0.111. The Morgan fingerprint density at radius 2 is 2.13 bits per heavy atom. The van der Waals surface area contributed by atoms with Gasteiger partial charge in [0.05, 0.1) is 11.7 Å². The maximum absolute atomic E-state index is 13.2. The zero-order chi connectivity index (χ0) is 10.7. The Kier molecular flexibility index (Phi) is 3.13. The lowest BCUT2D eigenvalue weighted by Gasteiger charge is -2.03. The van der Waals surface area contributed by atoms with E-state index in [1.165, 1.54) is 6.07 Å². The van der Waals surface area contributed by atoms with Crippen LogP contribution in [-0.4, -0.2) is 8.75 Å². The topological polar surface area (TPSA) is 37.8 Å². The number of nitrogens with one attached hydrogen (secondary N) is 1. The second-order valence-electron chi connectivity index (χ2n) is 2.85. The number of aromatic nitrogens is 2. The minimum Gasteiger partial charge on any atom is -0.362 e. The molecule has 0 radical (unpaired) electrons. The number of rotatable bonds is 3. The van der Waals surface area contributed by atoms with Crippen LogP contribution in [0.15, 0.2) is 24.3 Å². The Hall–Kier alpha value is -1.20. The molecule has 0 aliphatic rings. The van der Waals surface area contributed by atoms with Gasteiger partial charge >= 0.3 is 0 Å². The molecule has 3 nitrogen and oxygen atoms in total. The van der Waals surface area contributed by atoms with Crippen LogP contribution in [0.3, 0.4) is 0 Å². The largest absolute Gasteiger partial charge is 0.362 e. The monoisotopic (exact) mass is 243 g/mol. The number of halogens is 2. The molecule has 0 unspecified atom stereocenters. The molecule has 15 heavy (non-hydrogen) atoms. The Morgan fingerprint density at radius 1 is 1.33 bits per heavy atom. The van der Waals surface area contributed by atoms with Crippen LogP contribution >= 0.6 is 23.3 Å². The Bertz CT molecular complexity index is 460. The van der Waals surface area contributed by atoms with Gasteiger partial charge in [-0.3, -0.25) is 0 Å². The molecule has 2 rings (SSSR count). The van der Waals surface area contributed by atoms with Gasteiger partial charge in [-0.25, -0.2) is 4.39 Å². The smallest absolute Gasteiger partial charge is 0.186 e. The molecule has 0 amide bonds. The molecule has 2 aromatic rings. The molecule has 0 aliphatic heterocycles. The first-order valence-electron chi connectivity index (χ1n) is 4.22. The first kappa shape index (κ1) is 10.3. The van der Waals surface area contributed by atoms with Crippen LogP contribution in [0.2, 0.25) is 5.15 Å². The van der Waals surface area contributed by atoms with Gasteiger partial charge in [-0.1, -0.05) is 29.8 Å². The fourth-order valence-electron chi connectivity index (χ4n) is 1.10. The third-order valence-corrected chi connectivity index (χ3v) is 2.74. The van der Waals surface area contributed by atoms with Gasteiger partial charge in [0.15, 0.2) is 11.0 Å². The molecule has 1 aromatic heterocycles. The van der Waals surface area contributed by atoms with Gasteiger partial charge in [0.1, 0.15) is 5.82 Å². The van der Waals surface area contributed by atoms with E-state index in [1.807, 2.05) is 0 Å². The summed E-state index contributed by atoms with van der Waals surface area (Å²) in [5.41, 5.74) is 0.571. The van der Waals surface area contributed by atoms with Crippen molar-refractivity contribution in [2.45, 2.75) is 6.54 Å². The van der Waals surface area contributed by atoms with E-state index in [0.717, 1.165) is 11.7 Å². The predicted octanol–water partition coefficient (Wildman–Crippen LogP) is 2.94. The van der Waals surface area contributed by atoms with Crippen LogP contribution in [0.4, 0.5) is 10.2 Å². The van der Waals surface area contributed by atoms with E-state index in [-0.39, 0.29) is 5.82 Å². The van der Waals surface area contributed by atoms with Crippen molar-refractivity contribution >= 4 is 29.1 Å². The zero-order valence-electron chi connectivity index (χ0n) is 7.58. The first-order chi connectivity index (χ1) is 7.27. The van der Waals surface area contributed by atoms with Crippen molar-refractivity contribution in [3.8, 4) is 0 Å². The lowest BCUT2D eigenvalue weighted by Crippen LogP contribution is -2.01. The van der Waals surface area contributed by atoms with Gasteiger partial charge in [0.2, 0.25) is 0 Å². The van der Waals surface area contributed by atoms with Crippen LogP contribution in [0, 0.1) is 5.82 Å². The van der Waals surface area contributed by atoms with Crippen molar-refractivity contribution in [2.75, 3.05) is 5.32 Å². The van der Waals surface area contributed by atoms with E-state index < -0.39 is 0 Å². The third kappa shape index (κ3) is 2.43. The highest BCUT2D eigenvalue weighted by molar-refractivity contribution is 6.99. The fourth-order valence-corrected chi connectivity index (χ4v) is 1.79. The summed E-state index contributed by atoms with van der Waals surface area (Å²) in [5, 5.41) is 3.23. The molecule has 0 atom stereocenters. The standard InChI is InChI=1S/C9H7ClFN3S/c10-8-9(14-15-13-8)12-5-6-3-1-2-4-7(6)11/h1-4H,5H2,(H,12,14). The van der Waals surface area contributed by atoms with Gasteiger partial charge in [-0.2, -0.15) is 8.75 Å². The summed E-state index contributed by atoms with van der Waals surface area (Å²) in [4.78, 5) is 0. The molecule has 0 saturated heterocycles. The van der Waals surface area contributed by atoms with E-state index in [1.54, 1.807) is 18.2 Å². The van der Waals surface area contributed by atoms with Crippen molar-refractivity contribution in [2.24, 2.45) is 0 Å². The first-order valence-corrected chi connectivity index (χ1v) is 5.33. The lowest BCUT2D eigenvalue weighted by atomic mass is 10.2. The van der Waals surface area contributed by atoms with E-state index in [2.05, 4.69) is 14.1 Å². The van der Waals surface area contributed by atoms with Crippen LogP contribution in [0.5, 0.6) is 0 Å². The molecule has 0 fully saturated rings. The molecule has 0 bridgehead atoms. The summed E-state index contributed by atoms with van der Waals surface area (Å²) in [5.74, 6) is 0.245. The molecule has 0 aliphatic carbocycles.